The standard InChI is InChI=1S/C9H16O6/c1-9(2)14-6-4(3-10)13-8(12)5(11)7(6)15-9/h4-8,10-12H,3H2,1-2H3/t4-,5-,6+,7-,8?/m1/s1. The zero-order chi connectivity index (χ0) is 11.2. The highest BCUT2D eigenvalue weighted by molar-refractivity contribution is 4.95. The van der Waals surface area contributed by atoms with Gasteiger partial charge in [-0.2, -0.15) is 0 Å². The van der Waals surface area contributed by atoms with E-state index >= 15 is 0 Å². The Kier molecular flexibility index (Phi) is 2.74. The van der Waals surface area contributed by atoms with E-state index in [1.165, 1.54) is 0 Å². The molecule has 2 aliphatic rings. The van der Waals surface area contributed by atoms with Crippen LogP contribution < -0.4 is 0 Å². The first kappa shape index (κ1) is 11.3. The van der Waals surface area contributed by atoms with Crippen LogP contribution >= 0.6 is 0 Å². The number of ether oxygens (including phenoxy) is 3. The third-order valence-electron chi connectivity index (χ3n) is 2.65. The monoisotopic (exact) mass is 220 g/mol. The lowest BCUT2D eigenvalue weighted by Gasteiger charge is -2.36. The van der Waals surface area contributed by atoms with Gasteiger partial charge in [0.25, 0.3) is 0 Å². The van der Waals surface area contributed by atoms with Crippen LogP contribution in [0.25, 0.3) is 0 Å². The summed E-state index contributed by atoms with van der Waals surface area (Å²) in [4.78, 5) is 0. The highest BCUT2D eigenvalue weighted by Crippen LogP contribution is 2.36. The summed E-state index contributed by atoms with van der Waals surface area (Å²) in [6.07, 6.45) is -4.39. The highest BCUT2D eigenvalue weighted by Gasteiger charge is 2.54. The maximum atomic E-state index is 9.63. The molecule has 5 atom stereocenters. The normalized spacial score (nSPS) is 49.0. The minimum Gasteiger partial charge on any atom is -0.394 e. The largest absolute Gasteiger partial charge is 0.394 e. The van der Waals surface area contributed by atoms with E-state index in [-0.39, 0.29) is 6.61 Å². The summed E-state index contributed by atoms with van der Waals surface area (Å²) in [6, 6.07) is 0. The molecule has 2 heterocycles. The fourth-order valence-electron chi connectivity index (χ4n) is 2.02. The number of rotatable bonds is 1. The van der Waals surface area contributed by atoms with Crippen molar-refractivity contribution in [1.82, 2.24) is 0 Å². The lowest BCUT2D eigenvalue weighted by molar-refractivity contribution is -0.264. The Bertz CT molecular complexity index is 235. The van der Waals surface area contributed by atoms with Crippen molar-refractivity contribution in [2.75, 3.05) is 6.61 Å². The van der Waals surface area contributed by atoms with Crippen molar-refractivity contribution < 1.29 is 29.5 Å². The quantitative estimate of drug-likeness (QED) is 0.502. The molecule has 0 aliphatic carbocycles. The molecule has 0 aromatic heterocycles. The summed E-state index contributed by atoms with van der Waals surface area (Å²) in [5.74, 6) is -0.836. The molecular formula is C9H16O6. The Labute approximate surface area is 87.4 Å². The van der Waals surface area contributed by atoms with Crippen molar-refractivity contribution in [3.8, 4) is 0 Å². The first-order valence-corrected chi connectivity index (χ1v) is 4.93. The van der Waals surface area contributed by atoms with Gasteiger partial charge in [-0.25, -0.2) is 0 Å². The minimum atomic E-state index is -1.35. The lowest BCUT2D eigenvalue weighted by Crippen LogP contribution is -2.57. The summed E-state index contributed by atoms with van der Waals surface area (Å²) >= 11 is 0. The van der Waals surface area contributed by atoms with Gasteiger partial charge in [0, 0.05) is 0 Å². The summed E-state index contributed by atoms with van der Waals surface area (Å²) in [5.41, 5.74) is 0. The van der Waals surface area contributed by atoms with Crippen LogP contribution in [0.15, 0.2) is 0 Å². The predicted molar refractivity (Wildman–Crippen MR) is 47.8 cm³/mol. The molecule has 2 fully saturated rings. The Morgan fingerprint density at radius 2 is 1.73 bits per heavy atom. The molecule has 15 heavy (non-hydrogen) atoms. The van der Waals surface area contributed by atoms with E-state index in [1.54, 1.807) is 13.8 Å². The summed E-state index contributed by atoms with van der Waals surface area (Å²) in [6.45, 7) is 3.13. The van der Waals surface area contributed by atoms with Gasteiger partial charge >= 0.3 is 0 Å². The first-order valence-electron chi connectivity index (χ1n) is 4.93. The Morgan fingerprint density at radius 3 is 2.33 bits per heavy atom. The smallest absolute Gasteiger partial charge is 0.184 e. The Balaban J connectivity index is 2.18. The molecule has 6 nitrogen and oxygen atoms in total. The third-order valence-corrected chi connectivity index (χ3v) is 2.65. The molecular weight excluding hydrogens is 204 g/mol. The van der Waals surface area contributed by atoms with Crippen molar-refractivity contribution in [3.63, 3.8) is 0 Å². The molecule has 2 rings (SSSR count). The van der Waals surface area contributed by atoms with Gasteiger partial charge in [-0.3, -0.25) is 0 Å². The molecule has 2 saturated heterocycles. The topological polar surface area (TPSA) is 88.4 Å². The molecule has 0 aromatic carbocycles. The van der Waals surface area contributed by atoms with E-state index < -0.39 is 36.5 Å². The Hall–Kier alpha value is -0.240. The number of hydrogen-bond donors (Lipinski definition) is 3. The molecule has 2 aliphatic heterocycles. The van der Waals surface area contributed by atoms with Crippen LogP contribution in [0.4, 0.5) is 0 Å². The van der Waals surface area contributed by atoms with Crippen LogP contribution in [-0.2, 0) is 14.2 Å². The zero-order valence-corrected chi connectivity index (χ0v) is 8.66. The summed E-state index contributed by atoms with van der Waals surface area (Å²) in [7, 11) is 0. The van der Waals surface area contributed by atoms with Gasteiger partial charge < -0.3 is 29.5 Å². The second-order valence-electron chi connectivity index (χ2n) is 4.30. The van der Waals surface area contributed by atoms with Gasteiger partial charge in [-0.1, -0.05) is 0 Å². The second-order valence-corrected chi connectivity index (χ2v) is 4.30. The molecule has 0 bridgehead atoms. The van der Waals surface area contributed by atoms with Crippen LogP contribution in [-0.4, -0.2) is 58.4 Å². The average molecular weight is 220 g/mol. The van der Waals surface area contributed by atoms with Crippen molar-refractivity contribution in [3.05, 3.63) is 0 Å². The molecule has 0 spiro atoms. The highest BCUT2D eigenvalue weighted by atomic mass is 16.8. The maximum Gasteiger partial charge on any atom is 0.184 e. The van der Waals surface area contributed by atoms with Gasteiger partial charge in [0.2, 0.25) is 0 Å². The zero-order valence-electron chi connectivity index (χ0n) is 8.66. The van der Waals surface area contributed by atoms with Crippen LogP contribution in [0.2, 0.25) is 0 Å². The molecule has 0 radical (unpaired) electrons. The maximum absolute atomic E-state index is 9.63. The number of aliphatic hydroxyl groups excluding tert-OH is 3. The average Bonchev–Trinajstić information content (AvgIpc) is 2.48. The predicted octanol–water partition coefficient (Wildman–Crippen LogP) is -1.42. The number of hydrogen-bond acceptors (Lipinski definition) is 6. The van der Waals surface area contributed by atoms with Gasteiger partial charge in [0.15, 0.2) is 12.1 Å². The molecule has 0 aromatic rings. The summed E-state index contributed by atoms with van der Waals surface area (Å²) < 4.78 is 15.9. The van der Waals surface area contributed by atoms with Gasteiger partial charge in [-0.05, 0) is 13.8 Å². The first-order chi connectivity index (χ1) is 6.94. The van der Waals surface area contributed by atoms with E-state index in [2.05, 4.69) is 0 Å². The minimum absolute atomic E-state index is 0.287. The van der Waals surface area contributed by atoms with E-state index in [0.717, 1.165) is 0 Å². The Morgan fingerprint density at radius 1 is 1.13 bits per heavy atom. The van der Waals surface area contributed by atoms with Gasteiger partial charge in [-0.15, -0.1) is 0 Å². The molecule has 3 N–H and O–H groups in total. The molecule has 1 unspecified atom stereocenters. The lowest BCUT2D eigenvalue weighted by atomic mass is 10.00. The molecule has 0 saturated carbocycles. The van der Waals surface area contributed by atoms with Crippen LogP contribution in [0.1, 0.15) is 13.8 Å². The second kappa shape index (κ2) is 3.65. The van der Waals surface area contributed by atoms with Gasteiger partial charge in [0.05, 0.1) is 6.61 Å². The SMILES string of the molecule is CC1(C)O[C@@H]2[C@H](O1)[C@@H](O)C(O)O[C@@H]2CO. The fourth-order valence-corrected chi connectivity index (χ4v) is 2.02. The van der Waals surface area contributed by atoms with E-state index in [1.807, 2.05) is 0 Å². The van der Waals surface area contributed by atoms with E-state index in [4.69, 9.17) is 19.3 Å². The van der Waals surface area contributed by atoms with E-state index in [0.29, 0.717) is 0 Å². The van der Waals surface area contributed by atoms with E-state index in [9.17, 15) is 10.2 Å². The molecule has 0 amide bonds. The van der Waals surface area contributed by atoms with Crippen molar-refractivity contribution in [2.24, 2.45) is 0 Å². The third kappa shape index (κ3) is 1.89. The number of aliphatic hydroxyl groups is 3. The van der Waals surface area contributed by atoms with Crippen molar-refractivity contribution in [1.29, 1.82) is 0 Å². The van der Waals surface area contributed by atoms with Gasteiger partial charge in [0.1, 0.15) is 24.4 Å². The number of fused-ring (bicyclic) bond motifs is 1. The molecule has 88 valence electrons. The molecule has 6 heteroatoms. The summed E-state index contributed by atoms with van der Waals surface area (Å²) in [5, 5.41) is 28.1. The van der Waals surface area contributed by atoms with Crippen LogP contribution in [0.5, 0.6) is 0 Å². The van der Waals surface area contributed by atoms with Crippen molar-refractivity contribution in [2.45, 2.75) is 50.3 Å². The van der Waals surface area contributed by atoms with Crippen LogP contribution in [0, 0.1) is 0 Å². The van der Waals surface area contributed by atoms with Crippen LogP contribution in [0.3, 0.4) is 0 Å². The van der Waals surface area contributed by atoms with Crippen molar-refractivity contribution >= 4 is 0 Å². The fraction of sp³-hybridized carbons (Fsp3) is 1.00.